The second kappa shape index (κ2) is 6.26. The Labute approximate surface area is 121 Å². The highest BCUT2D eigenvalue weighted by molar-refractivity contribution is 14.1. The van der Waals surface area contributed by atoms with Gasteiger partial charge in [0.05, 0.1) is 10.7 Å². The van der Waals surface area contributed by atoms with E-state index in [4.69, 9.17) is 9.47 Å². The number of benzene rings is 1. The van der Waals surface area contributed by atoms with Crippen LogP contribution in [0.4, 0.5) is 4.79 Å². The van der Waals surface area contributed by atoms with Crippen LogP contribution in [-0.2, 0) is 11.3 Å². The number of carbonyl (C=O) groups excluding carboxylic acids is 1. The molecule has 0 bridgehead atoms. The van der Waals surface area contributed by atoms with Crippen LogP contribution in [0.5, 0.6) is 5.75 Å². The van der Waals surface area contributed by atoms with Gasteiger partial charge in [-0.25, -0.2) is 4.79 Å². The Morgan fingerprint density at radius 2 is 2.06 bits per heavy atom. The molecule has 100 valence electrons. The van der Waals surface area contributed by atoms with Gasteiger partial charge in [-0.2, -0.15) is 0 Å². The number of alkyl carbamates (subject to hydrolysis) is 1. The summed E-state index contributed by atoms with van der Waals surface area (Å²) in [5.74, 6) is 0.830. The van der Waals surface area contributed by atoms with Crippen molar-refractivity contribution in [2.45, 2.75) is 32.9 Å². The molecular formula is C13H18INO3. The molecule has 0 atom stereocenters. The molecule has 18 heavy (non-hydrogen) atoms. The molecule has 0 aliphatic rings. The number of carbonyl (C=O) groups is 1. The molecule has 0 fully saturated rings. The van der Waals surface area contributed by atoms with Gasteiger partial charge in [-0.3, -0.25) is 0 Å². The Morgan fingerprint density at radius 3 is 2.56 bits per heavy atom. The molecule has 0 spiro atoms. The van der Waals surface area contributed by atoms with E-state index in [0.717, 1.165) is 14.9 Å². The highest BCUT2D eigenvalue weighted by Gasteiger charge is 2.15. The Kier molecular flexibility index (Phi) is 5.25. The van der Waals surface area contributed by atoms with Gasteiger partial charge in [0.15, 0.2) is 0 Å². The summed E-state index contributed by atoms with van der Waals surface area (Å²) >= 11 is 2.20. The number of nitrogens with one attached hydrogen (secondary N) is 1. The molecule has 1 rings (SSSR count). The van der Waals surface area contributed by atoms with Crippen LogP contribution < -0.4 is 10.1 Å². The minimum atomic E-state index is -0.474. The quantitative estimate of drug-likeness (QED) is 0.839. The Bertz CT molecular complexity index is 427. The van der Waals surface area contributed by atoms with Gasteiger partial charge in [-0.15, -0.1) is 0 Å². The number of hydrogen-bond donors (Lipinski definition) is 1. The Morgan fingerprint density at radius 1 is 1.39 bits per heavy atom. The van der Waals surface area contributed by atoms with Crippen LogP contribution in [0, 0.1) is 3.57 Å². The number of ether oxygens (including phenoxy) is 2. The summed E-state index contributed by atoms with van der Waals surface area (Å²) in [7, 11) is 1.64. The Balaban J connectivity index is 2.54. The summed E-state index contributed by atoms with van der Waals surface area (Å²) in [6.45, 7) is 5.95. The van der Waals surface area contributed by atoms with Crippen molar-refractivity contribution in [3.8, 4) is 5.75 Å². The lowest BCUT2D eigenvalue weighted by Crippen LogP contribution is -2.32. The zero-order chi connectivity index (χ0) is 13.8. The standard InChI is InChI=1S/C13H18INO3/c1-13(2,3)18-12(16)15-8-9-5-6-11(17-4)10(14)7-9/h5-7H,8H2,1-4H3,(H,15,16). The normalized spacial score (nSPS) is 10.9. The SMILES string of the molecule is COc1ccc(CNC(=O)OC(C)(C)C)cc1I. The van der Waals surface area contributed by atoms with E-state index < -0.39 is 11.7 Å². The minimum Gasteiger partial charge on any atom is -0.496 e. The van der Waals surface area contributed by atoms with Gasteiger partial charge in [0, 0.05) is 6.54 Å². The largest absolute Gasteiger partial charge is 0.496 e. The van der Waals surface area contributed by atoms with E-state index in [9.17, 15) is 4.79 Å². The number of methoxy groups -OCH3 is 1. The van der Waals surface area contributed by atoms with Gasteiger partial charge in [0.1, 0.15) is 11.4 Å². The summed E-state index contributed by atoms with van der Waals surface area (Å²) in [4.78, 5) is 11.5. The minimum absolute atomic E-state index is 0.409. The lowest BCUT2D eigenvalue weighted by Gasteiger charge is -2.19. The zero-order valence-corrected chi connectivity index (χ0v) is 13.2. The fraction of sp³-hybridized carbons (Fsp3) is 0.462. The molecular weight excluding hydrogens is 345 g/mol. The third-order valence-corrected chi connectivity index (χ3v) is 2.89. The van der Waals surface area contributed by atoms with Crippen molar-refractivity contribution >= 4 is 28.7 Å². The topological polar surface area (TPSA) is 47.6 Å². The summed E-state index contributed by atoms with van der Waals surface area (Å²) in [5.41, 5.74) is 0.532. The van der Waals surface area contributed by atoms with Crippen molar-refractivity contribution in [2.24, 2.45) is 0 Å². The second-order valence-electron chi connectivity index (χ2n) is 4.82. The fourth-order valence-electron chi connectivity index (χ4n) is 1.31. The first-order valence-electron chi connectivity index (χ1n) is 5.61. The molecule has 0 aliphatic heterocycles. The first-order chi connectivity index (χ1) is 8.31. The van der Waals surface area contributed by atoms with Crippen molar-refractivity contribution in [3.05, 3.63) is 27.3 Å². The van der Waals surface area contributed by atoms with Gasteiger partial charge in [-0.1, -0.05) is 6.07 Å². The van der Waals surface area contributed by atoms with Crippen LogP contribution in [0.1, 0.15) is 26.3 Å². The van der Waals surface area contributed by atoms with E-state index in [2.05, 4.69) is 27.9 Å². The predicted molar refractivity (Wildman–Crippen MR) is 78.8 cm³/mol. The van der Waals surface area contributed by atoms with Crippen LogP contribution in [0.2, 0.25) is 0 Å². The summed E-state index contributed by atoms with van der Waals surface area (Å²) in [6, 6.07) is 5.77. The lowest BCUT2D eigenvalue weighted by molar-refractivity contribution is 0.0523. The average Bonchev–Trinajstić information content (AvgIpc) is 2.24. The van der Waals surface area contributed by atoms with E-state index in [1.54, 1.807) is 7.11 Å². The first-order valence-corrected chi connectivity index (χ1v) is 6.69. The fourth-order valence-corrected chi connectivity index (χ4v) is 2.11. The van der Waals surface area contributed by atoms with Crippen LogP contribution >= 0.6 is 22.6 Å². The first kappa shape index (κ1) is 15.1. The molecule has 0 aromatic heterocycles. The van der Waals surface area contributed by atoms with E-state index in [1.165, 1.54) is 0 Å². The van der Waals surface area contributed by atoms with E-state index in [-0.39, 0.29) is 0 Å². The monoisotopic (exact) mass is 363 g/mol. The van der Waals surface area contributed by atoms with Gasteiger partial charge < -0.3 is 14.8 Å². The number of halogens is 1. The van der Waals surface area contributed by atoms with Crippen LogP contribution in [-0.4, -0.2) is 18.8 Å². The molecule has 0 radical (unpaired) electrons. The molecule has 4 nitrogen and oxygen atoms in total. The summed E-state index contributed by atoms with van der Waals surface area (Å²) in [5, 5.41) is 2.71. The van der Waals surface area contributed by atoms with E-state index in [1.807, 2.05) is 39.0 Å². The zero-order valence-electron chi connectivity index (χ0n) is 11.0. The average molecular weight is 363 g/mol. The third kappa shape index (κ3) is 5.12. The van der Waals surface area contributed by atoms with Crippen LogP contribution in [0.25, 0.3) is 0 Å². The highest BCUT2D eigenvalue weighted by atomic mass is 127. The maximum absolute atomic E-state index is 11.5. The van der Waals surface area contributed by atoms with E-state index in [0.29, 0.717) is 6.54 Å². The summed E-state index contributed by atoms with van der Waals surface area (Å²) in [6.07, 6.45) is -0.409. The maximum atomic E-state index is 11.5. The van der Waals surface area contributed by atoms with Crippen molar-refractivity contribution in [1.29, 1.82) is 0 Å². The van der Waals surface area contributed by atoms with Gasteiger partial charge >= 0.3 is 6.09 Å². The van der Waals surface area contributed by atoms with E-state index >= 15 is 0 Å². The second-order valence-corrected chi connectivity index (χ2v) is 5.99. The number of hydrogen-bond acceptors (Lipinski definition) is 3. The molecule has 1 aromatic rings. The molecule has 1 N–H and O–H groups in total. The predicted octanol–water partition coefficient (Wildman–Crippen LogP) is 3.32. The van der Waals surface area contributed by atoms with Crippen molar-refractivity contribution in [1.82, 2.24) is 5.32 Å². The molecule has 0 aliphatic carbocycles. The smallest absolute Gasteiger partial charge is 0.407 e. The highest BCUT2D eigenvalue weighted by Crippen LogP contribution is 2.21. The van der Waals surface area contributed by atoms with Crippen LogP contribution in [0.15, 0.2) is 18.2 Å². The number of rotatable bonds is 3. The summed E-state index contributed by atoms with van der Waals surface area (Å²) < 4.78 is 11.3. The van der Waals surface area contributed by atoms with Gasteiger partial charge in [0.2, 0.25) is 0 Å². The molecule has 5 heteroatoms. The van der Waals surface area contributed by atoms with Crippen LogP contribution in [0.3, 0.4) is 0 Å². The number of amides is 1. The Hall–Kier alpha value is -0.980. The van der Waals surface area contributed by atoms with Crippen molar-refractivity contribution in [3.63, 3.8) is 0 Å². The van der Waals surface area contributed by atoms with Crippen molar-refractivity contribution < 1.29 is 14.3 Å². The molecule has 0 saturated heterocycles. The molecule has 1 aromatic carbocycles. The van der Waals surface area contributed by atoms with Gasteiger partial charge in [0.25, 0.3) is 0 Å². The molecule has 0 saturated carbocycles. The lowest BCUT2D eigenvalue weighted by atomic mass is 10.2. The molecule has 0 heterocycles. The maximum Gasteiger partial charge on any atom is 0.407 e. The molecule has 1 amide bonds. The van der Waals surface area contributed by atoms with Crippen molar-refractivity contribution in [2.75, 3.05) is 7.11 Å². The molecule has 0 unspecified atom stereocenters. The third-order valence-electron chi connectivity index (χ3n) is 2.05. The van der Waals surface area contributed by atoms with Gasteiger partial charge in [-0.05, 0) is 61.1 Å².